The van der Waals surface area contributed by atoms with Crippen LogP contribution in [0.4, 0.5) is 11.4 Å². The van der Waals surface area contributed by atoms with Gasteiger partial charge in [0.05, 0.1) is 22.0 Å². The normalized spacial score (nSPS) is 10.1. The fraction of sp³-hybridized carbons (Fsp3) is 0. The van der Waals surface area contributed by atoms with Crippen molar-refractivity contribution in [3.63, 3.8) is 0 Å². The standard InChI is InChI=1S/C11H8BrClN4O/c12-7-4-6(5-16-10(7)13)17-11(18)9-8(14)2-1-3-15-9/h1-5H,14H2,(H,17,18). The Morgan fingerprint density at radius 1 is 1.44 bits per heavy atom. The highest BCUT2D eigenvalue weighted by molar-refractivity contribution is 9.10. The van der Waals surface area contributed by atoms with E-state index in [0.717, 1.165) is 0 Å². The van der Waals surface area contributed by atoms with Crippen LogP contribution in [0, 0.1) is 0 Å². The van der Waals surface area contributed by atoms with Gasteiger partial charge in [-0.05, 0) is 34.1 Å². The molecule has 18 heavy (non-hydrogen) atoms. The number of anilines is 2. The summed E-state index contributed by atoms with van der Waals surface area (Å²) in [4.78, 5) is 19.7. The van der Waals surface area contributed by atoms with Gasteiger partial charge in [0, 0.05) is 6.20 Å². The van der Waals surface area contributed by atoms with Crippen molar-refractivity contribution in [2.75, 3.05) is 11.1 Å². The van der Waals surface area contributed by atoms with Gasteiger partial charge in [-0.3, -0.25) is 4.79 Å². The number of hydrogen-bond acceptors (Lipinski definition) is 4. The molecular weight excluding hydrogens is 320 g/mol. The molecule has 2 rings (SSSR count). The first-order chi connectivity index (χ1) is 8.58. The topological polar surface area (TPSA) is 80.9 Å². The second-order valence-electron chi connectivity index (χ2n) is 3.39. The molecule has 0 atom stereocenters. The smallest absolute Gasteiger partial charge is 0.276 e. The quantitative estimate of drug-likeness (QED) is 0.831. The van der Waals surface area contributed by atoms with Crippen molar-refractivity contribution in [1.29, 1.82) is 0 Å². The number of nitrogens with one attached hydrogen (secondary N) is 1. The Labute approximate surface area is 117 Å². The van der Waals surface area contributed by atoms with Gasteiger partial charge >= 0.3 is 0 Å². The number of carbonyl (C=O) groups is 1. The first kappa shape index (κ1) is 12.8. The van der Waals surface area contributed by atoms with Crippen LogP contribution in [0.2, 0.25) is 5.15 Å². The van der Waals surface area contributed by atoms with Gasteiger partial charge < -0.3 is 11.1 Å². The molecule has 2 heterocycles. The van der Waals surface area contributed by atoms with Crippen molar-refractivity contribution in [2.45, 2.75) is 0 Å². The average molecular weight is 328 g/mol. The maximum Gasteiger partial charge on any atom is 0.276 e. The van der Waals surface area contributed by atoms with E-state index in [1.54, 1.807) is 18.2 Å². The van der Waals surface area contributed by atoms with Crippen LogP contribution >= 0.6 is 27.5 Å². The maximum atomic E-state index is 11.9. The van der Waals surface area contributed by atoms with Gasteiger partial charge in [-0.2, -0.15) is 0 Å². The van der Waals surface area contributed by atoms with E-state index in [0.29, 0.717) is 21.0 Å². The number of nitrogens with zero attached hydrogens (tertiary/aromatic N) is 2. The lowest BCUT2D eigenvalue weighted by atomic mass is 10.3. The number of amides is 1. The Kier molecular flexibility index (Phi) is 3.78. The summed E-state index contributed by atoms with van der Waals surface area (Å²) in [7, 11) is 0. The minimum absolute atomic E-state index is 0.170. The molecule has 0 saturated heterocycles. The van der Waals surface area contributed by atoms with Gasteiger partial charge in [-0.15, -0.1) is 0 Å². The zero-order valence-corrected chi connectivity index (χ0v) is 11.4. The second kappa shape index (κ2) is 5.32. The number of rotatable bonds is 2. The van der Waals surface area contributed by atoms with E-state index in [2.05, 4.69) is 31.2 Å². The van der Waals surface area contributed by atoms with E-state index in [1.807, 2.05) is 0 Å². The number of nitrogen functional groups attached to an aromatic ring is 1. The highest BCUT2D eigenvalue weighted by Crippen LogP contribution is 2.23. The van der Waals surface area contributed by atoms with Gasteiger partial charge in [0.25, 0.3) is 5.91 Å². The number of pyridine rings is 2. The Hall–Kier alpha value is -1.66. The summed E-state index contributed by atoms with van der Waals surface area (Å²) in [6.45, 7) is 0. The minimum Gasteiger partial charge on any atom is -0.397 e. The van der Waals surface area contributed by atoms with Gasteiger partial charge in [-0.1, -0.05) is 11.6 Å². The fourth-order valence-corrected chi connectivity index (χ4v) is 1.74. The van der Waals surface area contributed by atoms with Crippen molar-refractivity contribution in [3.05, 3.63) is 45.9 Å². The van der Waals surface area contributed by atoms with Crippen LogP contribution in [-0.2, 0) is 0 Å². The Morgan fingerprint density at radius 2 is 2.22 bits per heavy atom. The van der Waals surface area contributed by atoms with Crippen LogP contribution in [-0.4, -0.2) is 15.9 Å². The van der Waals surface area contributed by atoms with Crippen LogP contribution < -0.4 is 11.1 Å². The molecular formula is C11H8BrClN4O. The second-order valence-corrected chi connectivity index (χ2v) is 4.60. The molecule has 3 N–H and O–H groups in total. The van der Waals surface area contributed by atoms with Crippen LogP contribution in [0.25, 0.3) is 0 Å². The molecule has 92 valence electrons. The van der Waals surface area contributed by atoms with Crippen LogP contribution in [0.15, 0.2) is 35.1 Å². The number of nitrogens with two attached hydrogens (primary N) is 1. The van der Waals surface area contributed by atoms with E-state index in [-0.39, 0.29) is 5.69 Å². The largest absolute Gasteiger partial charge is 0.397 e. The van der Waals surface area contributed by atoms with E-state index in [1.165, 1.54) is 12.4 Å². The maximum absolute atomic E-state index is 11.9. The first-order valence-corrected chi connectivity index (χ1v) is 6.08. The van der Waals surface area contributed by atoms with Crippen molar-refractivity contribution in [1.82, 2.24) is 9.97 Å². The van der Waals surface area contributed by atoms with Crippen molar-refractivity contribution >= 4 is 44.8 Å². The summed E-state index contributed by atoms with van der Waals surface area (Å²) >= 11 is 8.98. The lowest BCUT2D eigenvalue weighted by Crippen LogP contribution is -2.15. The van der Waals surface area contributed by atoms with Gasteiger partial charge in [0.2, 0.25) is 0 Å². The molecule has 0 aliphatic rings. The summed E-state index contributed by atoms with van der Waals surface area (Å²) in [5.41, 5.74) is 6.65. The molecule has 0 radical (unpaired) electrons. The lowest BCUT2D eigenvalue weighted by molar-refractivity contribution is 0.102. The molecule has 0 aliphatic carbocycles. The monoisotopic (exact) mass is 326 g/mol. The SMILES string of the molecule is Nc1cccnc1C(=O)Nc1cnc(Cl)c(Br)c1. The number of hydrogen-bond donors (Lipinski definition) is 2. The number of carbonyl (C=O) groups excluding carboxylic acids is 1. The summed E-state index contributed by atoms with van der Waals surface area (Å²) in [5.74, 6) is -0.399. The molecule has 5 nitrogen and oxygen atoms in total. The summed E-state index contributed by atoms with van der Waals surface area (Å²) < 4.78 is 0.593. The van der Waals surface area contributed by atoms with Crippen molar-refractivity contribution in [2.24, 2.45) is 0 Å². The molecule has 7 heteroatoms. The zero-order valence-electron chi connectivity index (χ0n) is 9.02. The molecule has 2 aromatic heterocycles. The average Bonchev–Trinajstić information content (AvgIpc) is 2.34. The van der Waals surface area contributed by atoms with E-state index in [4.69, 9.17) is 17.3 Å². The summed E-state index contributed by atoms with van der Waals surface area (Å²) in [5, 5.41) is 2.96. The highest BCUT2D eigenvalue weighted by Gasteiger charge is 2.11. The molecule has 1 amide bonds. The summed E-state index contributed by atoms with van der Waals surface area (Å²) in [6, 6.07) is 4.91. The van der Waals surface area contributed by atoms with Crippen LogP contribution in [0.5, 0.6) is 0 Å². The first-order valence-electron chi connectivity index (χ1n) is 4.91. The predicted molar refractivity (Wildman–Crippen MR) is 73.5 cm³/mol. The van der Waals surface area contributed by atoms with E-state index < -0.39 is 5.91 Å². The molecule has 0 saturated carbocycles. The van der Waals surface area contributed by atoms with Crippen molar-refractivity contribution in [3.8, 4) is 0 Å². The van der Waals surface area contributed by atoms with Gasteiger partial charge in [-0.25, -0.2) is 9.97 Å². The van der Waals surface area contributed by atoms with Crippen LogP contribution in [0.3, 0.4) is 0 Å². The van der Waals surface area contributed by atoms with Gasteiger partial charge in [0.1, 0.15) is 5.15 Å². The van der Waals surface area contributed by atoms with Crippen molar-refractivity contribution < 1.29 is 4.79 Å². The number of halogens is 2. The molecule has 0 unspecified atom stereocenters. The van der Waals surface area contributed by atoms with E-state index in [9.17, 15) is 4.79 Å². The van der Waals surface area contributed by atoms with E-state index >= 15 is 0 Å². The fourth-order valence-electron chi connectivity index (χ4n) is 1.29. The third-order valence-corrected chi connectivity index (χ3v) is 3.24. The minimum atomic E-state index is -0.399. The third-order valence-electron chi connectivity index (χ3n) is 2.11. The zero-order chi connectivity index (χ0) is 13.1. The Morgan fingerprint density at radius 3 is 2.89 bits per heavy atom. The highest BCUT2D eigenvalue weighted by atomic mass is 79.9. The third kappa shape index (κ3) is 2.77. The molecule has 0 aromatic carbocycles. The number of aromatic nitrogens is 2. The molecule has 0 aliphatic heterocycles. The van der Waals surface area contributed by atoms with Crippen LogP contribution in [0.1, 0.15) is 10.5 Å². The lowest BCUT2D eigenvalue weighted by Gasteiger charge is -2.06. The molecule has 0 bridgehead atoms. The predicted octanol–water partition coefficient (Wildman–Crippen LogP) is 2.73. The summed E-state index contributed by atoms with van der Waals surface area (Å²) in [6.07, 6.45) is 2.95. The molecule has 0 spiro atoms. The Bertz CT molecular complexity index is 605. The van der Waals surface area contributed by atoms with Gasteiger partial charge in [0.15, 0.2) is 5.69 Å². The molecule has 2 aromatic rings. The Balaban J connectivity index is 2.22. The molecule has 0 fully saturated rings.